The van der Waals surface area contributed by atoms with Crippen molar-refractivity contribution >= 4 is 22.8 Å². The van der Waals surface area contributed by atoms with E-state index in [-0.39, 0.29) is 41.0 Å². The molecule has 0 aliphatic carbocycles. The third-order valence-corrected chi connectivity index (χ3v) is 6.69. The van der Waals surface area contributed by atoms with Crippen molar-refractivity contribution in [3.8, 4) is 23.3 Å². The Balaban J connectivity index is 2.00. The van der Waals surface area contributed by atoms with Crippen LogP contribution >= 0.6 is 0 Å². The van der Waals surface area contributed by atoms with E-state index in [1.54, 1.807) is 4.68 Å². The molecule has 3 heterocycles. The molecule has 0 bridgehead atoms. The molecule has 1 aromatic carbocycles. The van der Waals surface area contributed by atoms with Crippen molar-refractivity contribution < 1.29 is 28.2 Å². The van der Waals surface area contributed by atoms with E-state index in [9.17, 15) is 18.7 Å². The quantitative estimate of drug-likeness (QED) is 0.480. The Morgan fingerprint density at radius 1 is 1.21 bits per heavy atom. The van der Waals surface area contributed by atoms with Gasteiger partial charge in [0.1, 0.15) is 17.1 Å². The van der Waals surface area contributed by atoms with Gasteiger partial charge in [-0.3, -0.25) is 4.68 Å². The van der Waals surface area contributed by atoms with Crippen LogP contribution in [0.5, 0.6) is 11.5 Å². The zero-order valence-corrected chi connectivity index (χ0v) is 22.3. The first-order chi connectivity index (χ1) is 17.9. The number of nitrogen functional groups attached to an aromatic ring is 1. The molecule has 0 radical (unpaired) electrons. The van der Waals surface area contributed by atoms with Gasteiger partial charge in [0.05, 0.1) is 36.9 Å². The summed E-state index contributed by atoms with van der Waals surface area (Å²) in [7, 11) is 2.52. The average Bonchev–Trinajstić information content (AvgIpc) is 3.49. The number of halogens is 2. The third-order valence-electron chi connectivity index (χ3n) is 6.69. The van der Waals surface area contributed by atoms with Gasteiger partial charge in [-0.25, -0.2) is 18.6 Å². The molecule has 0 spiro atoms. The number of fused-ring (bicyclic) bond motifs is 1. The summed E-state index contributed by atoms with van der Waals surface area (Å²) < 4.78 is 41.7. The molecular weight excluding hydrogens is 496 g/mol. The lowest BCUT2D eigenvalue weighted by molar-refractivity contribution is 0.154. The van der Waals surface area contributed by atoms with E-state index in [1.807, 2.05) is 27.7 Å². The summed E-state index contributed by atoms with van der Waals surface area (Å²) in [5.41, 5.74) is 8.20. The van der Waals surface area contributed by atoms with Crippen LogP contribution in [0.3, 0.4) is 0 Å². The van der Waals surface area contributed by atoms with Crippen LogP contribution < -0.4 is 15.2 Å². The molecule has 11 heteroatoms. The highest BCUT2D eigenvalue weighted by Gasteiger charge is 2.33. The Hall–Kier alpha value is -4.07. The molecule has 3 aromatic rings. The van der Waals surface area contributed by atoms with E-state index < -0.39 is 23.3 Å². The number of benzene rings is 1. The van der Waals surface area contributed by atoms with Gasteiger partial charge in [-0.05, 0) is 18.8 Å². The number of hydrogen-bond acceptors (Lipinski definition) is 6. The van der Waals surface area contributed by atoms with Gasteiger partial charge in [-0.2, -0.15) is 5.10 Å². The summed E-state index contributed by atoms with van der Waals surface area (Å²) in [6.07, 6.45) is 0.151. The zero-order chi connectivity index (χ0) is 27.9. The number of anilines is 1. The minimum Gasteiger partial charge on any atom is -0.493 e. The SMILES string of the molecule is CCc1c(C(C)(C)C)nc(N)c2c(C#Cc3c(F)c(OC)cc(OC)c3F)nn([C@H]3CCN(C(=O)O)C3)c12. The fraction of sp³-hybridized carbons (Fsp3) is 0.444. The number of carbonyl (C=O) groups is 1. The number of rotatable bonds is 4. The van der Waals surface area contributed by atoms with Gasteiger partial charge < -0.3 is 25.2 Å². The first-order valence-electron chi connectivity index (χ1n) is 12.2. The molecule has 2 aromatic heterocycles. The molecule has 4 rings (SSSR count). The van der Waals surface area contributed by atoms with E-state index in [0.717, 1.165) is 17.3 Å². The number of nitrogens with zero attached hydrogens (tertiary/aromatic N) is 4. The monoisotopic (exact) mass is 527 g/mol. The minimum atomic E-state index is -1.01. The number of methoxy groups -OCH3 is 2. The van der Waals surface area contributed by atoms with Crippen molar-refractivity contribution in [3.05, 3.63) is 40.2 Å². The largest absolute Gasteiger partial charge is 0.493 e. The molecule has 1 fully saturated rings. The van der Waals surface area contributed by atoms with Crippen molar-refractivity contribution in [1.82, 2.24) is 19.7 Å². The normalized spacial score (nSPS) is 15.5. The van der Waals surface area contributed by atoms with E-state index in [2.05, 4.69) is 11.8 Å². The number of ether oxygens (including phenoxy) is 2. The first kappa shape index (κ1) is 27.0. The van der Waals surface area contributed by atoms with Gasteiger partial charge in [-0.15, -0.1) is 0 Å². The van der Waals surface area contributed by atoms with Gasteiger partial charge in [0, 0.05) is 30.1 Å². The third kappa shape index (κ3) is 4.55. The fourth-order valence-electron chi connectivity index (χ4n) is 4.86. The van der Waals surface area contributed by atoms with Crippen LogP contribution in [0.2, 0.25) is 0 Å². The Bertz CT molecular complexity index is 1460. The van der Waals surface area contributed by atoms with E-state index >= 15 is 0 Å². The highest BCUT2D eigenvalue weighted by molar-refractivity contribution is 5.96. The Kier molecular flexibility index (Phi) is 7.10. The maximum Gasteiger partial charge on any atom is 0.407 e. The van der Waals surface area contributed by atoms with Crippen LogP contribution in [0, 0.1) is 23.5 Å². The summed E-state index contributed by atoms with van der Waals surface area (Å²) in [6, 6.07) is 0.840. The van der Waals surface area contributed by atoms with Crippen LogP contribution in [0.15, 0.2) is 6.07 Å². The number of amides is 1. The Labute approximate surface area is 219 Å². The van der Waals surface area contributed by atoms with Gasteiger partial charge in [-0.1, -0.05) is 33.6 Å². The van der Waals surface area contributed by atoms with E-state index in [4.69, 9.17) is 25.3 Å². The number of likely N-dealkylation sites (tertiary alicyclic amines) is 1. The topological polar surface area (TPSA) is 116 Å². The lowest BCUT2D eigenvalue weighted by atomic mass is 9.86. The summed E-state index contributed by atoms with van der Waals surface area (Å²) in [5, 5.41) is 14.7. The Morgan fingerprint density at radius 3 is 2.34 bits per heavy atom. The van der Waals surface area contributed by atoms with Crippen LogP contribution in [-0.2, 0) is 11.8 Å². The van der Waals surface area contributed by atoms with Crippen LogP contribution in [0.25, 0.3) is 10.9 Å². The number of hydrogen-bond donors (Lipinski definition) is 2. The fourth-order valence-corrected chi connectivity index (χ4v) is 4.86. The van der Waals surface area contributed by atoms with E-state index in [1.165, 1.54) is 19.1 Å². The lowest BCUT2D eigenvalue weighted by Crippen LogP contribution is -2.27. The highest BCUT2D eigenvalue weighted by atomic mass is 19.1. The van der Waals surface area contributed by atoms with Crippen molar-refractivity contribution in [2.75, 3.05) is 33.0 Å². The maximum atomic E-state index is 15.0. The predicted octanol–water partition coefficient (Wildman–Crippen LogP) is 4.49. The number of carboxylic acid groups (broad SMARTS) is 1. The molecule has 0 unspecified atom stereocenters. The molecule has 202 valence electrons. The van der Waals surface area contributed by atoms with Crippen LogP contribution in [0.1, 0.15) is 62.7 Å². The van der Waals surface area contributed by atoms with E-state index in [0.29, 0.717) is 30.3 Å². The van der Waals surface area contributed by atoms with Gasteiger partial charge >= 0.3 is 6.09 Å². The number of pyridine rings is 1. The predicted molar refractivity (Wildman–Crippen MR) is 139 cm³/mol. The molecule has 1 aliphatic heterocycles. The molecule has 9 nitrogen and oxygen atoms in total. The number of nitrogens with two attached hydrogens (primary N) is 1. The summed E-state index contributed by atoms with van der Waals surface area (Å²) in [5.74, 6) is 3.17. The molecule has 1 aliphatic rings. The van der Waals surface area contributed by atoms with Crippen molar-refractivity contribution in [3.63, 3.8) is 0 Å². The maximum absolute atomic E-state index is 15.0. The zero-order valence-electron chi connectivity index (χ0n) is 22.3. The molecular formula is C27H31F2N5O4. The first-order valence-corrected chi connectivity index (χ1v) is 12.2. The summed E-state index contributed by atoms with van der Waals surface area (Å²) in [6.45, 7) is 8.69. The summed E-state index contributed by atoms with van der Waals surface area (Å²) >= 11 is 0. The van der Waals surface area contributed by atoms with Crippen LogP contribution in [0.4, 0.5) is 19.4 Å². The lowest BCUT2D eigenvalue weighted by Gasteiger charge is -2.24. The van der Waals surface area contributed by atoms with Gasteiger partial charge in [0.15, 0.2) is 23.1 Å². The molecule has 38 heavy (non-hydrogen) atoms. The molecule has 1 amide bonds. The van der Waals surface area contributed by atoms with Gasteiger partial charge in [0.25, 0.3) is 0 Å². The second-order valence-corrected chi connectivity index (χ2v) is 10.1. The number of aromatic nitrogens is 3. The number of aryl methyl sites for hydroxylation is 1. The average molecular weight is 528 g/mol. The highest BCUT2D eigenvalue weighted by Crippen LogP contribution is 2.37. The van der Waals surface area contributed by atoms with Crippen molar-refractivity contribution in [2.45, 2.75) is 52.0 Å². The van der Waals surface area contributed by atoms with Crippen molar-refractivity contribution in [1.29, 1.82) is 0 Å². The summed E-state index contributed by atoms with van der Waals surface area (Å²) in [4.78, 5) is 17.6. The Morgan fingerprint density at radius 2 is 1.84 bits per heavy atom. The minimum absolute atomic E-state index is 0.189. The van der Waals surface area contributed by atoms with Crippen LogP contribution in [-0.4, -0.2) is 58.2 Å². The second kappa shape index (κ2) is 10.0. The molecule has 3 N–H and O–H groups in total. The smallest absolute Gasteiger partial charge is 0.407 e. The standard InChI is InChI=1S/C27H31F2N5O4/c1-7-15-23-20(25(30)31-24(15)27(2,3)4)17(32-34(23)14-10-11-33(13-14)26(35)36)9-8-16-21(28)18(37-5)12-19(38-6)22(16)29/h12,14H,7,10-11,13H2,1-6H3,(H2,30,31)(H,35,36)/t14-/m0/s1. The molecule has 1 atom stereocenters. The molecule has 1 saturated heterocycles. The molecule has 0 saturated carbocycles. The van der Waals surface area contributed by atoms with Crippen molar-refractivity contribution in [2.24, 2.45) is 0 Å². The van der Waals surface area contributed by atoms with Gasteiger partial charge in [0.2, 0.25) is 0 Å². The second-order valence-electron chi connectivity index (χ2n) is 10.1.